The van der Waals surface area contributed by atoms with Crippen molar-refractivity contribution in [2.75, 3.05) is 0 Å². The zero-order valence-electron chi connectivity index (χ0n) is 12.1. The first-order chi connectivity index (χ1) is 9.28. The van der Waals surface area contributed by atoms with E-state index in [9.17, 15) is 9.59 Å². The lowest BCUT2D eigenvalue weighted by Gasteiger charge is -2.20. The van der Waals surface area contributed by atoms with E-state index in [-0.39, 0.29) is 12.3 Å². The molecule has 0 bridgehead atoms. The SMILES string of the molecule is CC(C)(C)OC(=O)CC(N)C(=O)NCc1cccnc1. The number of carbonyl (C=O) groups excluding carboxylic acids is 2. The maximum atomic E-state index is 11.8. The van der Waals surface area contributed by atoms with Gasteiger partial charge in [-0.25, -0.2) is 0 Å². The van der Waals surface area contributed by atoms with Gasteiger partial charge in [0.2, 0.25) is 5.91 Å². The van der Waals surface area contributed by atoms with E-state index in [1.165, 1.54) is 0 Å². The summed E-state index contributed by atoms with van der Waals surface area (Å²) in [5.74, 6) is -0.874. The van der Waals surface area contributed by atoms with Gasteiger partial charge in [-0.1, -0.05) is 6.07 Å². The van der Waals surface area contributed by atoms with Crippen LogP contribution in [-0.4, -0.2) is 28.5 Å². The fraction of sp³-hybridized carbons (Fsp3) is 0.500. The average molecular weight is 279 g/mol. The summed E-state index contributed by atoms with van der Waals surface area (Å²) >= 11 is 0. The highest BCUT2D eigenvalue weighted by Crippen LogP contribution is 2.09. The van der Waals surface area contributed by atoms with Gasteiger partial charge in [0.1, 0.15) is 5.60 Å². The monoisotopic (exact) mass is 279 g/mol. The molecule has 0 fully saturated rings. The molecule has 0 saturated carbocycles. The van der Waals surface area contributed by atoms with Gasteiger partial charge in [0.05, 0.1) is 12.5 Å². The van der Waals surface area contributed by atoms with Crippen LogP contribution >= 0.6 is 0 Å². The average Bonchev–Trinajstić information content (AvgIpc) is 2.34. The number of nitrogens with zero attached hydrogens (tertiary/aromatic N) is 1. The summed E-state index contributed by atoms with van der Waals surface area (Å²) in [6, 6.07) is 2.70. The number of carbonyl (C=O) groups is 2. The van der Waals surface area contributed by atoms with Crippen molar-refractivity contribution in [2.45, 2.75) is 45.4 Å². The number of esters is 1. The van der Waals surface area contributed by atoms with Crippen molar-refractivity contribution in [2.24, 2.45) is 5.73 Å². The summed E-state index contributed by atoms with van der Waals surface area (Å²) in [5, 5.41) is 2.66. The summed E-state index contributed by atoms with van der Waals surface area (Å²) in [6.45, 7) is 5.62. The van der Waals surface area contributed by atoms with Gasteiger partial charge in [-0.3, -0.25) is 14.6 Å². The molecule has 0 aliphatic heterocycles. The normalized spacial score (nSPS) is 12.6. The number of aromatic nitrogens is 1. The lowest BCUT2D eigenvalue weighted by Crippen LogP contribution is -2.42. The van der Waals surface area contributed by atoms with Crippen molar-refractivity contribution in [1.82, 2.24) is 10.3 Å². The van der Waals surface area contributed by atoms with Crippen LogP contribution < -0.4 is 11.1 Å². The van der Waals surface area contributed by atoms with Crippen molar-refractivity contribution in [1.29, 1.82) is 0 Å². The minimum Gasteiger partial charge on any atom is -0.460 e. The molecular formula is C14H21N3O3. The molecule has 6 nitrogen and oxygen atoms in total. The molecule has 0 saturated heterocycles. The highest BCUT2D eigenvalue weighted by Gasteiger charge is 2.22. The van der Waals surface area contributed by atoms with Crippen molar-refractivity contribution in [3.8, 4) is 0 Å². The number of ether oxygens (including phenoxy) is 1. The number of hydrogen-bond acceptors (Lipinski definition) is 5. The Balaban J connectivity index is 2.38. The fourth-order valence-corrected chi connectivity index (χ4v) is 1.48. The Morgan fingerprint density at radius 2 is 2.15 bits per heavy atom. The number of hydrogen-bond donors (Lipinski definition) is 2. The molecule has 1 rings (SSSR count). The number of nitrogens with two attached hydrogens (primary N) is 1. The second-order valence-corrected chi connectivity index (χ2v) is 5.48. The summed E-state index contributed by atoms with van der Waals surface area (Å²) in [6.07, 6.45) is 3.16. The molecule has 0 aromatic carbocycles. The van der Waals surface area contributed by atoms with Gasteiger partial charge in [-0.2, -0.15) is 0 Å². The van der Waals surface area contributed by atoms with Crippen molar-refractivity contribution >= 4 is 11.9 Å². The van der Waals surface area contributed by atoms with Crippen LogP contribution in [0.25, 0.3) is 0 Å². The van der Waals surface area contributed by atoms with Crippen LogP contribution in [0, 0.1) is 0 Å². The minimum absolute atomic E-state index is 0.143. The van der Waals surface area contributed by atoms with Crippen LogP contribution in [0.5, 0.6) is 0 Å². The zero-order chi connectivity index (χ0) is 15.2. The van der Waals surface area contributed by atoms with Gasteiger partial charge in [-0.15, -0.1) is 0 Å². The third-order valence-electron chi connectivity index (χ3n) is 2.33. The van der Waals surface area contributed by atoms with Gasteiger partial charge >= 0.3 is 5.97 Å². The predicted octanol–water partition coefficient (Wildman–Crippen LogP) is 0.757. The Labute approximate surface area is 118 Å². The highest BCUT2D eigenvalue weighted by molar-refractivity contribution is 5.86. The molecule has 1 atom stereocenters. The zero-order valence-corrected chi connectivity index (χ0v) is 12.1. The maximum absolute atomic E-state index is 11.8. The van der Waals surface area contributed by atoms with Crippen LogP contribution in [0.2, 0.25) is 0 Å². The predicted molar refractivity (Wildman–Crippen MR) is 74.5 cm³/mol. The Kier molecular flexibility index (Phi) is 5.64. The first-order valence-electron chi connectivity index (χ1n) is 6.42. The molecule has 0 radical (unpaired) electrons. The topological polar surface area (TPSA) is 94.3 Å². The molecule has 20 heavy (non-hydrogen) atoms. The van der Waals surface area contributed by atoms with E-state index in [1.807, 2.05) is 6.07 Å². The molecule has 0 aliphatic rings. The van der Waals surface area contributed by atoms with Gasteiger partial charge in [0, 0.05) is 18.9 Å². The number of nitrogens with one attached hydrogen (secondary N) is 1. The lowest BCUT2D eigenvalue weighted by molar-refractivity contribution is -0.156. The number of amides is 1. The van der Waals surface area contributed by atoms with Crippen LogP contribution in [-0.2, 0) is 20.9 Å². The van der Waals surface area contributed by atoms with Crippen LogP contribution in [0.15, 0.2) is 24.5 Å². The van der Waals surface area contributed by atoms with Gasteiger partial charge < -0.3 is 15.8 Å². The van der Waals surface area contributed by atoms with Gasteiger partial charge in [0.15, 0.2) is 0 Å². The lowest BCUT2D eigenvalue weighted by atomic mass is 10.1. The van der Waals surface area contributed by atoms with Crippen LogP contribution in [0.4, 0.5) is 0 Å². The highest BCUT2D eigenvalue weighted by atomic mass is 16.6. The van der Waals surface area contributed by atoms with E-state index in [0.717, 1.165) is 5.56 Å². The molecule has 0 aliphatic carbocycles. The molecule has 1 unspecified atom stereocenters. The van der Waals surface area contributed by atoms with E-state index < -0.39 is 17.6 Å². The maximum Gasteiger partial charge on any atom is 0.308 e. The number of rotatable bonds is 5. The summed E-state index contributed by atoms with van der Waals surface area (Å²) in [5.41, 5.74) is 5.96. The fourth-order valence-electron chi connectivity index (χ4n) is 1.48. The second kappa shape index (κ2) is 7.00. The quantitative estimate of drug-likeness (QED) is 0.776. The Morgan fingerprint density at radius 3 is 2.70 bits per heavy atom. The second-order valence-electron chi connectivity index (χ2n) is 5.48. The molecule has 1 aromatic rings. The van der Waals surface area contributed by atoms with Gasteiger partial charge in [0.25, 0.3) is 0 Å². The smallest absolute Gasteiger partial charge is 0.308 e. The largest absolute Gasteiger partial charge is 0.460 e. The van der Waals surface area contributed by atoms with E-state index in [1.54, 1.807) is 39.2 Å². The molecule has 3 N–H and O–H groups in total. The molecule has 1 aromatic heterocycles. The van der Waals surface area contributed by atoms with E-state index in [0.29, 0.717) is 6.54 Å². The third-order valence-corrected chi connectivity index (χ3v) is 2.33. The van der Waals surface area contributed by atoms with Crippen molar-refractivity contribution in [3.05, 3.63) is 30.1 Å². The minimum atomic E-state index is -0.915. The third kappa shape index (κ3) is 6.29. The molecule has 110 valence electrons. The molecule has 1 heterocycles. The van der Waals surface area contributed by atoms with E-state index >= 15 is 0 Å². The van der Waals surface area contributed by atoms with Crippen LogP contribution in [0.1, 0.15) is 32.8 Å². The summed E-state index contributed by atoms with van der Waals surface area (Å²) < 4.78 is 5.11. The first kappa shape index (κ1) is 16.1. The Morgan fingerprint density at radius 1 is 1.45 bits per heavy atom. The van der Waals surface area contributed by atoms with E-state index in [4.69, 9.17) is 10.5 Å². The molecule has 0 spiro atoms. The molecule has 6 heteroatoms. The van der Waals surface area contributed by atoms with Gasteiger partial charge in [-0.05, 0) is 32.4 Å². The number of pyridine rings is 1. The standard InChI is InChI=1S/C14H21N3O3/c1-14(2,3)20-12(18)7-11(15)13(19)17-9-10-5-4-6-16-8-10/h4-6,8,11H,7,9,15H2,1-3H3,(H,17,19). The van der Waals surface area contributed by atoms with Crippen molar-refractivity contribution < 1.29 is 14.3 Å². The summed E-state index contributed by atoms with van der Waals surface area (Å²) in [7, 11) is 0. The molecule has 1 amide bonds. The Hall–Kier alpha value is -1.95. The van der Waals surface area contributed by atoms with Crippen molar-refractivity contribution in [3.63, 3.8) is 0 Å². The summed E-state index contributed by atoms with van der Waals surface area (Å²) in [4.78, 5) is 27.2. The van der Waals surface area contributed by atoms with Crippen LogP contribution in [0.3, 0.4) is 0 Å². The Bertz CT molecular complexity index is 454. The molecular weight excluding hydrogens is 258 g/mol. The first-order valence-corrected chi connectivity index (χ1v) is 6.42. The van der Waals surface area contributed by atoms with E-state index in [2.05, 4.69) is 10.3 Å².